The van der Waals surface area contributed by atoms with Crippen molar-refractivity contribution in [1.29, 1.82) is 0 Å². The van der Waals surface area contributed by atoms with E-state index < -0.39 is 5.97 Å². The van der Waals surface area contributed by atoms with Crippen LogP contribution in [0.1, 0.15) is 12.8 Å². The van der Waals surface area contributed by atoms with E-state index >= 15 is 0 Å². The number of nitrogens with one attached hydrogen (secondary N) is 1. The van der Waals surface area contributed by atoms with Crippen LogP contribution in [0.25, 0.3) is 0 Å². The zero-order valence-electron chi connectivity index (χ0n) is 10.7. The lowest BCUT2D eigenvalue weighted by Crippen LogP contribution is -2.54. The number of carboxylic acids is 1. The van der Waals surface area contributed by atoms with Gasteiger partial charge in [-0.25, -0.2) is 4.79 Å². The Labute approximate surface area is 111 Å². The van der Waals surface area contributed by atoms with Crippen LogP contribution in [-0.2, 0) is 11.3 Å². The van der Waals surface area contributed by atoms with Crippen LogP contribution in [0.15, 0.2) is 18.5 Å². The molecule has 2 heterocycles. The third-order valence-electron chi connectivity index (χ3n) is 3.11. The average Bonchev–Trinajstić information content (AvgIpc) is 2.81. The molecule has 2 N–H and O–H groups in total. The first kappa shape index (κ1) is 13.4. The number of aromatic nitrogens is 2. The predicted octanol–water partition coefficient (Wildman–Crippen LogP) is 0.389. The monoisotopic (exact) mass is 266 g/mol. The van der Waals surface area contributed by atoms with E-state index in [-0.39, 0.29) is 18.4 Å². The van der Waals surface area contributed by atoms with Crippen LogP contribution in [0.2, 0.25) is 0 Å². The van der Waals surface area contributed by atoms with Gasteiger partial charge in [0.15, 0.2) is 0 Å². The number of carboxylic acid groups (broad SMARTS) is 1. The van der Waals surface area contributed by atoms with E-state index in [2.05, 4.69) is 10.4 Å². The normalized spacial score (nSPS) is 15.1. The molecular formula is C12H18N4O3. The number of likely N-dealkylation sites (tertiary alicyclic amines) is 1. The molecular weight excluding hydrogens is 248 g/mol. The molecule has 1 aromatic heterocycles. The van der Waals surface area contributed by atoms with Gasteiger partial charge in [0.1, 0.15) is 0 Å². The van der Waals surface area contributed by atoms with Crippen LogP contribution >= 0.6 is 0 Å². The van der Waals surface area contributed by atoms with E-state index in [4.69, 9.17) is 5.11 Å². The van der Waals surface area contributed by atoms with Gasteiger partial charge >= 0.3 is 12.0 Å². The minimum atomic E-state index is -0.802. The smallest absolute Gasteiger partial charge is 0.317 e. The number of nitrogens with zero attached hydrogens (tertiary/aromatic N) is 3. The molecule has 1 aliphatic rings. The summed E-state index contributed by atoms with van der Waals surface area (Å²) in [4.78, 5) is 23.8. The third-order valence-corrected chi connectivity index (χ3v) is 3.11. The highest BCUT2D eigenvalue weighted by atomic mass is 16.4. The van der Waals surface area contributed by atoms with Gasteiger partial charge in [-0.3, -0.25) is 9.48 Å². The molecule has 1 fully saturated rings. The molecule has 0 saturated carbocycles. The minimum Gasteiger partial charge on any atom is -0.481 e. The Hall–Kier alpha value is -2.05. The van der Waals surface area contributed by atoms with Crippen LogP contribution in [-0.4, -0.2) is 51.4 Å². The van der Waals surface area contributed by atoms with Gasteiger partial charge in [-0.1, -0.05) is 0 Å². The standard InChI is InChI=1S/C12H18N4O3/c17-11(18)7-10-8-15(9-10)12(19)13-3-1-5-16-6-2-4-14-16/h2,4,6,10H,1,3,5,7-9H2,(H,13,19)(H,17,18). The first-order chi connectivity index (χ1) is 9.15. The molecule has 0 atom stereocenters. The summed E-state index contributed by atoms with van der Waals surface area (Å²) in [6.07, 6.45) is 4.57. The van der Waals surface area contributed by atoms with Crippen LogP contribution in [0.4, 0.5) is 4.79 Å². The summed E-state index contributed by atoms with van der Waals surface area (Å²) < 4.78 is 1.82. The maximum atomic E-state index is 11.7. The molecule has 7 nitrogen and oxygen atoms in total. The molecule has 0 spiro atoms. The zero-order chi connectivity index (χ0) is 13.7. The van der Waals surface area contributed by atoms with Gasteiger partial charge in [-0.05, 0) is 12.5 Å². The predicted molar refractivity (Wildman–Crippen MR) is 67.6 cm³/mol. The lowest BCUT2D eigenvalue weighted by Gasteiger charge is -2.38. The first-order valence-corrected chi connectivity index (χ1v) is 6.37. The molecule has 1 aliphatic heterocycles. The summed E-state index contributed by atoms with van der Waals surface area (Å²) in [5.41, 5.74) is 0. The number of carbonyl (C=O) groups is 2. The number of urea groups is 1. The van der Waals surface area contributed by atoms with Crippen molar-refractivity contribution in [2.45, 2.75) is 19.4 Å². The summed E-state index contributed by atoms with van der Waals surface area (Å²) in [6, 6.07) is 1.75. The molecule has 0 radical (unpaired) electrons. The van der Waals surface area contributed by atoms with E-state index in [0.717, 1.165) is 13.0 Å². The fourth-order valence-corrected chi connectivity index (χ4v) is 2.09. The Bertz CT molecular complexity index is 426. The summed E-state index contributed by atoms with van der Waals surface area (Å²) in [5, 5.41) is 15.5. The molecule has 0 aliphatic carbocycles. The topological polar surface area (TPSA) is 87.5 Å². The van der Waals surface area contributed by atoms with E-state index in [1.54, 1.807) is 11.1 Å². The summed E-state index contributed by atoms with van der Waals surface area (Å²) in [5.74, 6) is -0.698. The van der Waals surface area contributed by atoms with Crippen LogP contribution in [0.5, 0.6) is 0 Å². The van der Waals surface area contributed by atoms with Crippen molar-refractivity contribution in [3.8, 4) is 0 Å². The van der Waals surface area contributed by atoms with Crippen molar-refractivity contribution in [2.75, 3.05) is 19.6 Å². The number of hydrogen-bond acceptors (Lipinski definition) is 3. The molecule has 7 heteroatoms. The fraction of sp³-hybridized carbons (Fsp3) is 0.583. The van der Waals surface area contributed by atoms with Gasteiger partial charge in [-0.15, -0.1) is 0 Å². The van der Waals surface area contributed by atoms with Crippen molar-refractivity contribution in [2.24, 2.45) is 5.92 Å². The molecule has 0 bridgehead atoms. The second-order valence-corrected chi connectivity index (χ2v) is 4.72. The molecule has 2 rings (SSSR count). The quantitative estimate of drug-likeness (QED) is 0.729. The van der Waals surface area contributed by atoms with E-state index in [1.807, 2.05) is 16.9 Å². The number of aliphatic carboxylic acids is 1. The number of carbonyl (C=O) groups excluding carboxylic acids is 1. The second kappa shape index (κ2) is 6.21. The molecule has 2 amide bonds. The fourth-order valence-electron chi connectivity index (χ4n) is 2.09. The highest BCUT2D eigenvalue weighted by Crippen LogP contribution is 2.18. The van der Waals surface area contributed by atoms with Crippen molar-refractivity contribution in [3.63, 3.8) is 0 Å². The van der Waals surface area contributed by atoms with Gasteiger partial charge in [0.05, 0.1) is 6.42 Å². The van der Waals surface area contributed by atoms with Crippen molar-refractivity contribution in [1.82, 2.24) is 20.0 Å². The number of rotatable bonds is 6. The lowest BCUT2D eigenvalue weighted by atomic mass is 9.97. The SMILES string of the molecule is O=C(O)CC1CN(C(=O)NCCCn2cccn2)C1. The molecule has 104 valence electrons. The molecule has 0 aromatic carbocycles. The largest absolute Gasteiger partial charge is 0.481 e. The van der Waals surface area contributed by atoms with Crippen LogP contribution in [0, 0.1) is 5.92 Å². The Morgan fingerprint density at radius 3 is 2.84 bits per heavy atom. The van der Waals surface area contributed by atoms with Crippen molar-refractivity contribution >= 4 is 12.0 Å². The van der Waals surface area contributed by atoms with Crippen LogP contribution in [0.3, 0.4) is 0 Å². The highest BCUT2D eigenvalue weighted by molar-refractivity contribution is 5.75. The van der Waals surface area contributed by atoms with Gasteiger partial charge in [0.25, 0.3) is 0 Å². The third kappa shape index (κ3) is 3.97. The Morgan fingerprint density at radius 2 is 2.21 bits per heavy atom. The van der Waals surface area contributed by atoms with Gasteiger partial charge in [-0.2, -0.15) is 5.10 Å². The van der Waals surface area contributed by atoms with E-state index in [1.165, 1.54) is 0 Å². The Morgan fingerprint density at radius 1 is 1.42 bits per heavy atom. The van der Waals surface area contributed by atoms with Crippen molar-refractivity contribution < 1.29 is 14.7 Å². The molecule has 0 unspecified atom stereocenters. The summed E-state index contributed by atoms with van der Waals surface area (Å²) in [7, 11) is 0. The number of aryl methyl sites for hydroxylation is 1. The van der Waals surface area contributed by atoms with E-state index in [9.17, 15) is 9.59 Å². The molecule has 1 saturated heterocycles. The number of amides is 2. The minimum absolute atomic E-state index is 0.104. The van der Waals surface area contributed by atoms with Crippen LogP contribution < -0.4 is 5.32 Å². The Balaban J connectivity index is 1.55. The van der Waals surface area contributed by atoms with Gasteiger partial charge in [0, 0.05) is 44.5 Å². The highest BCUT2D eigenvalue weighted by Gasteiger charge is 2.31. The second-order valence-electron chi connectivity index (χ2n) is 4.72. The summed E-state index contributed by atoms with van der Waals surface area (Å²) >= 11 is 0. The Kier molecular flexibility index (Phi) is 4.38. The van der Waals surface area contributed by atoms with Crippen molar-refractivity contribution in [3.05, 3.63) is 18.5 Å². The zero-order valence-corrected chi connectivity index (χ0v) is 10.7. The molecule has 1 aromatic rings. The lowest BCUT2D eigenvalue weighted by molar-refractivity contribution is -0.139. The molecule has 19 heavy (non-hydrogen) atoms. The summed E-state index contributed by atoms with van der Waals surface area (Å²) in [6.45, 7) is 2.45. The van der Waals surface area contributed by atoms with Gasteiger partial charge in [0.2, 0.25) is 0 Å². The van der Waals surface area contributed by atoms with Gasteiger partial charge < -0.3 is 15.3 Å². The average molecular weight is 266 g/mol. The first-order valence-electron chi connectivity index (χ1n) is 6.37. The maximum Gasteiger partial charge on any atom is 0.317 e. The number of hydrogen-bond donors (Lipinski definition) is 2. The van der Waals surface area contributed by atoms with E-state index in [0.29, 0.717) is 19.6 Å². The maximum absolute atomic E-state index is 11.7.